The predicted octanol–water partition coefficient (Wildman–Crippen LogP) is 2.84. The normalized spacial score (nSPS) is 19.8. The van der Waals surface area contributed by atoms with Crippen LogP contribution in [0.15, 0.2) is 47.0 Å². The number of piperazine rings is 1. The lowest BCUT2D eigenvalue weighted by Gasteiger charge is -2.36. The van der Waals surface area contributed by atoms with Gasteiger partial charge < -0.3 is 15.4 Å². The van der Waals surface area contributed by atoms with Gasteiger partial charge in [-0.3, -0.25) is 9.80 Å². The van der Waals surface area contributed by atoms with Crippen molar-refractivity contribution in [2.45, 2.75) is 32.9 Å². The lowest BCUT2D eigenvalue weighted by atomic mass is 10.00. The van der Waals surface area contributed by atoms with Gasteiger partial charge in [-0.15, -0.1) is 11.3 Å². The van der Waals surface area contributed by atoms with Gasteiger partial charge >= 0.3 is 12.0 Å². The fourth-order valence-corrected chi connectivity index (χ4v) is 5.05. The quantitative estimate of drug-likeness (QED) is 0.578. The van der Waals surface area contributed by atoms with Gasteiger partial charge in [0, 0.05) is 55.9 Å². The van der Waals surface area contributed by atoms with E-state index in [4.69, 9.17) is 9.72 Å². The summed E-state index contributed by atoms with van der Waals surface area (Å²) >= 11 is 1.68. The van der Waals surface area contributed by atoms with Gasteiger partial charge in [0.1, 0.15) is 5.01 Å². The van der Waals surface area contributed by atoms with Gasteiger partial charge in [-0.25, -0.2) is 14.6 Å². The first-order valence-electron chi connectivity index (χ1n) is 11.5. The van der Waals surface area contributed by atoms with E-state index in [2.05, 4.69) is 37.9 Å². The Kier molecular flexibility index (Phi) is 7.74. The van der Waals surface area contributed by atoms with Gasteiger partial charge in [0.2, 0.25) is 0 Å². The van der Waals surface area contributed by atoms with E-state index in [9.17, 15) is 9.59 Å². The van der Waals surface area contributed by atoms with Gasteiger partial charge in [0.15, 0.2) is 0 Å². The van der Waals surface area contributed by atoms with Gasteiger partial charge in [-0.1, -0.05) is 37.3 Å². The van der Waals surface area contributed by atoms with Gasteiger partial charge in [0.25, 0.3) is 0 Å². The minimum absolute atomic E-state index is 0.263. The molecule has 9 heteroatoms. The fourth-order valence-electron chi connectivity index (χ4n) is 4.24. The molecule has 2 amide bonds. The van der Waals surface area contributed by atoms with Crippen molar-refractivity contribution >= 4 is 23.3 Å². The Morgan fingerprint density at radius 3 is 2.48 bits per heavy atom. The highest BCUT2D eigenvalue weighted by molar-refractivity contribution is 7.13. The molecular weight excluding hydrogens is 438 g/mol. The zero-order valence-corrected chi connectivity index (χ0v) is 20.0. The van der Waals surface area contributed by atoms with Crippen LogP contribution < -0.4 is 10.6 Å². The maximum Gasteiger partial charge on any atom is 0.337 e. The van der Waals surface area contributed by atoms with Crippen LogP contribution >= 0.6 is 11.3 Å². The molecule has 0 radical (unpaired) electrons. The molecule has 0 saturated carbocycles. The van der Waals surface area contributed by atoms with E-state index in [0.717, 1.165) is 49.0 Å². The molecule has 0 unspecified atom stereocenters. The SMILES string of the molecule is CCOC(=O)C1=C(CN2CCN(Cc3csc(-c4ccccc4)n3)CC2)NC(=O)N[C@@H]1CC. The summed E-state index contributed by atoms with van der Waals surface area (Å²) in [6.45, 7) is 8.93. The summed E-state index contributed by atoms with van der Waals surface area (Å²) in [4.78, 5) is 34.2. The molecule has 3 heterocycles. The second-order valence-electron chi connectivity index (χ2n) is 8.23. The number of amides is 2. The number of urea groups is 1. The minimum Gasteiger partial charge on any atom is -0.463 e. The molecular formula is C24H31N5O3S. The zero-order valence-electron chi connectivity index (χ0n) is 19.2. The van der Waals surface area contributed by atoms with E-state index in [-0.39, 0.29) is 18.0 Å². The third-order valence-electron chi connectivity index (χ3n) is 5.95. The topological polar surface area (TPSA) is 86.8 Å². The number of carbonyl (C=O) groups is 2. The van der Waals surface area contributed by atoms with Crippen LogP contribution in [0.1, 0.15) is 26.0 Å². The maximum atomic E-state index is 12.6. The van der Waals surface area contributed by atoms with Gasteiger partial charge in [0.05, 0.1) is 23.9 Å². The fraction of sp³-hybridized carbons (Fsp3) is 0.458. The molecule has 1 fully saturated rings. The Hall–Kier alpha value is -2.75. The summed E-state index contributed by atoms with van der Waals surface area (Å²) in [5.74, 6) is -0.358. The maximum absolute atomic E-state index is 12.6. The third kappa shape index (κ3) is 5.79. The number of esters is 1. The monoisotopic (exact) mass is 469 g/mol. The molecule has 1 atom stereocenters. The number of aromatic nitrogens is 1. The van der Waals surface area contributed by atoms with Crippen molar-refractivity contribution in [2.75, 3.05) is 39.3 Å². The number of thiazole rings is 1. The van der Waals surface area contributed by atoms with Crippen molar-refractivity contribution in [3.05, 3.63) is 52.7 Å². The molecule has 0 aliphatic carbocycles. The number of rotatable bonds is 8. The van der Waals surface area contributed by atoms with E-state index in [1.54, 1.807) is 18.3 Å². The molecule has 4 rings (SSSR count). The second-order valence-corrected chi connectivity index (χ2v) is 9.09. The van der Waals surface area contributed by atoms with Crippen molar-refractivity contribution in [1.29, 1.82) is 0 Å². The number of nitrogens with zero attached hydrogens (tertiary/aromatic N) is 3. The summed E-state index contributed by atoms with van der Waals surface area (Å²) in [5, 5.41) is 8.87. The van der Waals surface area contributed by atoms with Crippen LogP contribution in [0.2, 0.25) is 0 Å². The summed E-state index contributed by atoms with van der Waals surface area (Å²) in [6.07, 6.45) is 0.636. The highest BCUT2D eigenvalue weighted by Crippen LogP contribution is 2.24. The molecule has 33 heavy (non-hydrogen) atoms. The number of hydrogen-bond donors (Lipinski definition) is 2. The predicted molar refractivity (Wildman–Crippen MR) is 129 cm³/mol. The minimum atomic E-state index is -0.358. The Morgan fingerprint density at radius 2 is 1.82 bits per heavy atom. The lowest BCUT2D eigenvalue weighted by Crippen LogP contribution is -2.53. The van der Waals surface area contributed by atoms with Crippen LogP contribution in [-0.4, -0.2) is 72.2 Å². The van der Waals surface area contributed by atoms with Crippen LogP contribution in [0.25, 0.3) is 10.6 Å². The zero-order chi connectivity index (χ0) is 23.2. The molecule has 176 valence electrons. The van der Waals surface area contributed by atoms with Crippen LogP contribution in [0.3, 0.4) is 0 Å². The van der Waals surface area contributed by atoms with Crippen LogP contribution in [0, 0.1) is 0 Å². The number of ether oxygens (including phenoxy) is 1. The Labute approximate surface area is 198 Å². The highest BCUT2D eigenvalue weighted by atomic mass is 32.1. The van der Waals surface area contributed by atoms with Crippen LogP contribution in [0.4, 0.5) is 4.79 Å². The largest absolute Gasteiger partial charge is 0.463 e. The van der Waals surface area contributed by atoms with Crippen molar-refractivity contribution in [2.24, 2.45) is 0 Å². The van der Waals surface area contributed by atoms with E-state index in [0.29, 0.717) is 30.8 Å². The number of hydrogen-bond acceptors (Lipinski definition) is 7. The smallest absolute Gasteiger partial charge is 0.337 e. The molecule has 2 N–H and O–H groups in total. The number of carbonyl (C=O) groups excluding carboxylic acids is 2. The molecule has 0 bridgehead atoms. The summed E-state index contributed by atoms with van der Waals surface area (Å²) in [6, 6.07) is 9.67. The van der Waals surface area contributed by atoms with E-state index in [1.807, 2.05) is 25.1 Å². The molecule has 0 spiro atoms. The summed E-state index contributed by atoms with van der Waals surface area (Å²) in [5.41, 5.74) is 3.44. The first-order chi connectivity index (χ1) is 16.1. The van der Waals surface area contributed by atoms with Crippen LogP contribution in [0.5, 0.6) is 0 Å². The van der Waals surface area contributed by atoms with Crippen LogP contribution in [-0.2, 0) is 16.1 Å². The first kappa shape index (κ1) is 23.4. The molecule has 2 aliphatic heterocycles. The van der Waals surface area contributed by atoms with Crippen molar-refractivity contribution in [3.63, 3.8) is 0 Å². The van der Waals surface area contributed by atoms with E-state index < -0.39 is 0 Å². The Balaban J connectivity index is 1.36. The lowest BCUT2D eigenvalue weighted by molar-refractivity contribution is -0.139. The van der Waals surface area contributed by atoms with Crippen molar-refractivity contribution in [3.8, 4) is 10.6 Å². The third-order valence-corrected chi connectivity index (χ3v) is 6.89. The Morgan fingerprint density at radius 1 is 1.12 bits per heavy atom. The van der Waals surface area contributed by atoms with Gasteiger partial charge in [-0.2, -0.15) is 0 Å². The molecule has 2 aliphatic rings. The standard InChI is InChI=1S/C24H31N5O3S/c1-3-19-21(23(30)32-4-2)20(27-24(31)26-19)15-29-12-10-28(11-13-29)14-18-16-33-22(25-18)17-8-6-5-7-9-17/h5-9,16,19H,3-4,10-15H2,1-2H3,(H2,26,27,31)/t19-/m1/s1. The molecule has 2 aromatic rings. The first-order valence-corrected chi connectivity index (χ1v) is 12.4. The van der Waals surface area contributed by atoms with E-state index >= 15 is 0 Å². The highest BCUT2D eigenvalue weighted by Gasteiger charge is 2.32. The summed E-state index contributed by atoms with van der Waals surface area (Å²) < 4.78 is 5.26. The van der Waals surface area contributed by atoms with Gasteiger partial charge in [-0.05, 0) is 13.3 Å². The molecule has 1 saturated heterocycles. The molecule has 8 nitrogen and oxygen atoms in total. The van der Waals surface area contributed by atoms with Crippen molar-refractivity contribution < 1.29 is 14.3 Å². The second kappa shape index (κ2) is 10.9. The average molecular weight is 470 g/mol. The van der Waals surface area contributed by atoms with E-state index in [1.165, 1.54) is 0 Å². The summed E-state index contributed by atoms with van der Waals surface area (Å²) in [7, 11) is 0. The average Bonchev–Trinajstić information content (AvgIpc) is 3.29. The Bertz CT molecular complexity index is 999. The number of nitrogens with one attached hydrogen (secondary N) is 2. The number of benzene rings is 1. The molecule has 1 aromatic carbocycles. The molecule has 1 aromatic heterocycles. The van der Waals surface area contributed by atoms with Crippen molar-refractivity contribution in [1.82, 2.24) is 25.4 Å².